The smallest absolute Gasteiger partial charge is 0.328 e. The number of ether oxygens (including phenoxy) is 1. The number of carbonyl (C=O) groups excluding carboxylic acids is 1. The van der Waals surface area contributed by atoms with Gasteiger partial charge < -0.3 is 15.0 Å². The van der Waals surface area contributed by atoms with Crippen LogP contribution in [0.15, 0.2) is 24.3 Å². The molecular weight excluding hydrogens is 242 g/mol. The number of para-hydroxylation sites is 2. The highest BCUT2D eigenvalue weighted by Gasteiger charge is 2.21. The molecule has 2 N–H and O–H groups in total. The molecule has 1 aromatic heterocycles. The summed E-state index contributed by atoms with van der Waals surface area (Å²) in [5, 5.41) is 0. The third-order valence-electron chi connectivity index (χ3n) is 3.05. The summed E-state index contributed by atoms with van der Waals surface area (Å²) >= 11 is 0. The Morgan fingerprint density at radius 2 is 2.21 bits per heavy atom. The number of esters is 1. The van der Waals surface area contributed by atoms with Crippen molar-refractivity contribution in [3.05, 3.63) is 30.1 Å². The first-order chi connectivity index (χ1) is 9.19. The quantitative estimate of drug-likeness (QED) is 0.831. The molecule has 2 rings (SSSR count). The van der Waals surface area contributed by atoms with Gasteiger partial charge in [0.15, 0.2) is 0 Å². The number of carbonyl (C=O) groups is 1. The molecular formula is C14H19N3O2. The Balaban J connectivity index is 2.49. The maximum atomic E-state index is 11.9. The maximum absolute atomic E-state index is 11.9. The number of nitrogens with zero attached hydrogens (tertiary/aromatic N) is 2. The molecule has 1 unspecified atom stereocenters. The van der Waals surface area contributed by atoms with E-state index in [4.69, 9.17) is 10.5 Å². The van der Waals surface area contributed by atoms with Crippen LogP contribution in [0.1, 0.15) is 25.7 Å². The minimum atomic E-state index is -0.395. The molecule has 0 amide bonds. The minimum Gasteiger partial charge on any atom is -0.464 e. The van der Waals surface area contributed by atoms with E-state index in [1.165, 1.54) is 0 Å². The highest BCUT2D eigenvalue weighted by molar-refractivity contribution is 5.81. The van der Waals surface area contributed by atoms with Gasteiger partial charge in [0.2, 0.25) is 0 Å². The summed E-state index contributed by atoms with van der Waals surface area (Å²) in [6.07, 6.45) is 0.637. The fourth-order valence-corrected chi connectivity index (χ4v) is 2.20. The zero-order valence-electron chi connectivity index (χ0n) is 11.3. The lowest BCUT2D eigenvalue weighted by Gasteiger charge is -2.16. The van der Waals surface area contributed by atoms with Crippen molar-refractivity contribution in [1.82, 2.24) is 9.55 Å². The molecule has 0 bridgehead atoms. The van der Waals surface area contributed by atoms with Gasteiger partial charge in [-0.15, -0.1) is 0 Å². The Hall–Kier alpha value is -1.88. The molecule has 2 aromatic rings. The Bertz CT molecular complexity index is 577. The summed E-state index contributed by atoms with van der Waals surface area (Å²) in [5.74, 6) is 0.577. The topological polar surface area (TPSA) is 70.1 Å². The van der Waals surface area contributed by atoms with E-state index < -0.39 is 6.04 Å². The Morgan fingerprint density at radius 1 is 1.47 bits per heavy atom. The molecule has 0 radical (unpaired) electrons. The predicted molar refractivity (Wildman–Crippen MR) is 73.8 cm³/mol. The van der Waals surface area contributed by atoms with Crippen LogP contribution < -0.4 is 5.73 Å². The molecule has 0 spiro atoms. The summed E-state index contributed by atoms with van der Waals surface area (Å²) in [6, 6.07) is 7.36. The summed E-state index contributed by atoms with van der Waals surface area (Å²) in [4.78, 5) is 16.5. The van der Waals surface area contributed by atoms with Gasteiger partial charge in [0.25, 0.3) is 0 Å². The van der Waals surface area contributed by atoms with E-state index in [-0.39, 0.29) is 5.97 Å². The largest absolute Gasteiger partial charge is 0.464 e. The first-order valence-electron chi connectivity index (χ1n) is 6.51. The highest BCUT2D eigenvalue weighted by Crippen LogP contribution is 2.22. The van der Waals surface area contributed by atoms with Crippen molar-refractivity contribution in [3.63, 3.8) is 0 Å². The second kappa shape index (κ2) is 5.84. The van der Waals surface area contributed by atoms with Crippen LogP contribution in [0.25, 0.3) is 11.0 Å². The van der Waals surface area contributed by atoms with E-state index in [0.717, 1.165) is 16.9 Å². The SMILES string of the molecule is CCOC(=O)C(C)n1c(CCN)nc2ccccc21. The normalized spacial score (nSPS) is 12.6. The Labute approximate surface area is 112 Å². The number of rotatable bonds is 5. The molecule has 0 fully saturated rings. The lowest BCUT2D eigenvalue weighted by Crippen LogP contribution is -2.22. The van der Waals surface area contributed by atoms with Crippen LogP contribution in [-0.2, 0) is 16.0 Å². The minimum absolute atomic E-state index is 0.246. The molecule has 5 heteroatoms. The van der Waals surface area contributed by atoms with Gasteiger partial charge in [0.05, 0.1) is 17.6 Å². The monoisotopic (exact) mass is 261 g/mol. The van der Waals surface area contributed by atoms with Crippen molar-refractivity contribution in [3.8, 4) is 0 Å². The van der Waals surface area contributed by atoms with Crippen molar-refractivity contribution in [2.45, 2.75) is 26.3 Å². The van der Waals surface area contributed by atoms with E-state index >= 15 is 0 Å². The van der Waals surface area contributed by atoms with E-state index in [1.807, 2.05) is 35.8 Å². The zero-order chi connectivity index (χ0) is 13.8. The van der Waals surface area contributed by atoms with Crippen molar-refractivity contribution < 1.29 is 9.53 Å². The number of hydrogen-bond acceptors (Lipinski definition) is 4. The van der Waals surface area contributed by atoms with Crippen LogP contribution in [0.3, 0.4) is 0 Å². The molecule has 0 aliphatic rings. The van der Waals surface area contributed by atoms with E-state index in [1.54, 1.807) is 6.92 Å². The number of imidazole rings is 1. The number of fused-ring (bicyclic) bond motifs is 1. The number of benzene rings is 1. The second-order valence-electron chi connectivity index (χ2n) is 4.35. The summed E-state index contributed by atoms with van der Waals surface area (Å²) < 4.78 is 7.01. The van der Waals surface area contributed by atoms with Gasteiger partial charge in [0, 0.05) is 6.42 Å². The van der Waals surface area contributed by atoms with Crippen LogP contribution in [0.5, 0.6) is 0 Å². The molecule has 1 heterocycles. The summed E-state index contributed by atoms with van der Waals surface area (Å²) in [7, 11) is 0. The Kier molecular flexibility index (Phi) is 4.16. The molecule has 19 heavy (non-hydrogen) atoms. The van der Waals surface area contributed by atoms with Gasteiger partial charge in [-0.1, -0.05) is 12.1 Å². The van der Waals surface area contributed by atoms with E-state index in [2.05, 4.69) is 4.98 Å². The molecule has 0 saturated heterocycles. The first-order valence-corrected chi connectivity index (χ1v) is 6.51. The molecule has 102 valence electrons. The van der Waals surface area contributed by atoms with Gasteiger partial charge in [-0.05, 0) is 32.5 Å². The van der Waals surface area contributed by atoms with Crippen molar-refractivity contribution >= 4 is 17.0 Å². The molecule has 0 aliphatic heterocycles. The van der Waals surface area contributed by atoms with Crippen LogP contribution in [-0.4, -0.2) is 28.7 Å². The maximum Gasteiger partial charge on any atom is 0.328 e. The van der Waals surface area contributed by atoms with Gasteiger partial charge in [-0.25, -0.2) is 9.78 Å². The standard InChI is InChI=1S/C14H19N3O2/c1-3-19-14(18)10(2)17-12-7-5-4-6-11(12)16-13(17)8-9-15/h4-7,10H,3,8-9,15H2,1-2H3. The number of nitrogens with two attached hydrogens (primary N) is 1. The number of hydrogen-bond donors (Lipinski definition) is 1. The van der Waals surface area contributed by atoms with Crippen LogP contribution in [0.4, 0.5) is 0 Å². The molecule has 0 saturated carbocycles. The molecule has 5 nitrogen and oxygen atoms in total. The average Bonchev–Trinajstić information content (AvgIpc) is 2.76. The van der Waals surface area contributed by atoms with Crippen LogP contribution in [0.2, 0.25) is 0 Å². The fourth-order valence-electron chi connectivity index (χ4n) is 2.20. The van der Waals surface area contributed by atoms with Crippen LogP contribution >= 0.6 is 0 Å². The second-order valence-corrected chi connectivity index (χ2v) is 4.35. The third-order valence-corrected chi connectivity index (χ3v) is 3.05. The lowest BCUT2D eigenvalue weighted by molar-refractivity contribution is -0.146. The van der Waals surface area contributed by atoms with Crippen molar-refractivity contribution in [2.24, 2.45) is 5.73 Å². The Morgan fingerprint density at radius 3 is 2.89 bits per heavy atom. The van der Waals surface area contributed by atoms with Crippen molar-refractivity contribution in [1.29, 1.82) is 0 Å². The third kappa shape index (κ3) is 2.61. The number of aromatic nitrogens is 2. The summed E-state index contributed by atoms with van der Waals surface area (Å²) in [6.45, 7) is 4.50. The highest BCUT2D eigenvalue weighted by atomic mass is 16.5. The molecule has 1 aromatic carbocycles. The fraction of sp³-hybridized carbons (Fsp3) is 0.429. The lowest BCUT2D eigenvalue weighted by atomic mass is 10.2. The first kappa shape index (κ1) is 13.5. The van der Waals surface area contributed by atoms with Gasteiger partial charge >= 0.3 is 5.97 Å². The predicted octanol–water partition coefficient (Wildman–Crippen LogP) is 1.66. The van der Waals surface area contributed by atoms with E-state index in [9.17, 15) is 4.79 Å². The van der Waals surface area contributed by atoms with Gasteiger partial charge in [0.1, 0.15) is 11.9 Å². The average molecular weight is 261 g/mol. The van der Waals surface area contributed by atoms with E-state index in [0.29, 0.717) is 19.6 Å². The zero-order valence-corrected chi connectivity index (χ0v) is 11.3. The molecule has 1 atom stereocenters. The van der Waals surface area contributed by atoms with Gasteiger partial charge in [-0.3, -0.25) is 0 Å². The van der Waals surface area contributed by atoms with Crippen LogP contribution in [0, 0.1) is 0 Å². The molecule has 0 aliphatic carbocycles. The van der Waals surface area contributed by atoms with Crippen molar-refractivity contribution in [2.75, 3.05) is 13.2 Å². The van der Waals surface area contributed by atoms with Gasteiger partial charge in [-0.2, -0.15) is 0 Å². The summed E-state index contributed by atoms with van der Waals surface area (Å²) in [5.41, 5.74) is 7.43.